The molecular formula is C18H22N6O4. The number of fused-ring (bicyclic) bond motifs is 1. The zero-order valence-electron chi connectivity index (χ0n) is 15.6. The number of hydrogen-bond donors (Lipinski definition) is 2. The van der Waals surface area contributed by atoms with Crippen LogP contribution in [0.1, 0.15) is 19.8 Å². The SMILES string of the molecule is CCOC(=O)N1CCC(Nc2nncc(Nc3ccc4c(c3)OCO4)n2)CC1. The predicted octanol–water partition coefficient (Wildman–Crippen LogP) is 2.38. The molecule has 10 heteroatoms. The first-order chi connectivity index (χ1) is 13.7. The maximum Gasteiger partial charge on any atom is 0.409 e. The summed E-state index contributed by atoms with van der Waals surface area (Å²) < 4.78 is 15.7. The third-order valence-electron chi connectivity index (χ3n) is 4.56. The van der Waals surface area contributed by atoms with Gasteiger partial charge >= 0.3 is 6.09 Å². The monoisotopic (exact) mass is 386 g/mol. The summed E-state index contributed by atoms with van der Waals surface area (Å²) in [5.74, 6) is 2.43. The predicted molar refractivity (Wildman–Crippen MR) is 101 cm³/mol. The highest BCUT2D eigenvalue weighted by Crippen LogP contribution is 2.34. The molecule has 1 aromatic carbocycles. The molecule has 0 spiro atoms. The number of ether oxygens (including phenoxy) is 3. The van der Waals surface area contributed by atoms with Crippen LogP contribution in [0.4, 0.5) is 22.2 Å². The van der Waals surface area contributed by atoms with Crippen LogP contribution < -0.4 is 20.1 Å². The summed E-state index contributed by atoms with van der Waals surface area (Å²) in [6.45, 7) is 3.70. The molecule has 0 saturated carbocycles. The second-order valence-electron chi connectivity index (χ2n) is 6.46. The molecule has 28 heavy (non-hydrogen) atoms. The van der Waals surface area contributed by atoms with E-state index in [2.05, 4.69) is 25.8 Å². The van der Waals surface area contributed by atoms with Gasteiger partial charge in [0.1, 0.15) is 0 Å². The van der Waals surface area contributed by atoms with E-state index < -0.39 is 0 Å². The van der Waals surface area contributed by atoms with Gasteiger partial charge in [0, 0.05) is 30.9 Å². The van der Waals surface area contributed by atoms with Gasteiger partial charge in [-0.25, -0.2) is 4.79 Å². The van der Waals surface area contributed by atoms with E-state index in [4.69, 9.17) is 14.2 Å². The van der Waals surface area contributed by atoms with Gasteiger partial charge in [-0.15, -0.1) is 5.10 Å². The summed E-state index contributed by atoms with van der Waals surface area (Å²) >= 11 is 0. The van der Waals surface area contributed by atoms with Crippen LogP contribution in [0.25, 0.3) is 0 Å². The fourth-order valence-corrected chi connectivity index (χ4v) is 3.15. The lowest BCUT2D eigenvalue weighted by molar-refractivity contribution is 0.0983. The van der Waals surface area contributed by atoms with Crippen molar-refractivity contribution in [2.24, 2.45) is 0 Å². The van der Waals surface area contributed by atoms with Crippen LogP contribution in [-0.4, -0.2) is 58.7 Å². The van der Waals surface area contributed by atoms with E-state index in [1.165, 1.54) is 0 Å². The first kappa shape index (κ1) is 18.1. The standard InChI is InChI=1S/C18H22N6O4/c1-2-26-18(25)24-7-5-12(6-8-24)21-17-22-16(10-19-23-17)20-13-3-4-14-15(9-13)28-11-27-14/h3-4,9-10,12H,2,5-8,11H2,1H3,(H2,20,21,22,23). The number of benzene rings is 1. The molecule has 148 valence electrons. The largest absolute Gasteiger partial charge is 0.454 e. The number of hydrogen-bond acceptors (Lipinski definition) is 9. The lowest BCUT2D eigenvalue weighted by Gasteiger charge is -2.31. The molecule has 2 aliphatic rings. The van der Waals surface area contributed by atoms with E-state index in [1.54, 1.807) is 18.0 Å². The number of nitrogens with zero attached hydrogens (tertiary/aromatic N) is 4. The highest BCUT2D eigenvalue weighted by Gasteiger charge is 2.24. The van der Waals surface area contributed by atoms with Gasteiger partial charge in [-0.2, -0.15) is 10.1 Å². The first-order valence-corrected chi connectivity index (χ1v) is 9.26. The summed E-state index contributed by atoms with van der Waals surface area (Å²) in [7, 11) is 0. The molecule has 0 aliphatic carbocycles. The highest BCUT2D eigenvalue weighted by molar-refractivity contribution is 5.67. The van der Waals surface area contributed by atoms with Crippen molar-refractivity contribution in [3.05, 3.63) is 24.4 Å². The number of piperidine rings is 1. The molecule has 1 amide bonds. The van der Waals surface area contributed by atoms with Crippen LogP contribution in [0, 0.1) is 0 Å². The Morgan fingerprint density at radius 3 is 2.93 bits per heavy atom. The van der Waals surface area contributed by atoms with Gasteiger partial charge < -0.3 is 29.7 Å². The zero-order chi connectivity index (χ0) is 19.3. The summed E-state index contributed by atoms with van der Waals surface area (Å²) in [4.78, 5) is 18.0. The maximum absolute atomic E-state index is 11.8. The molecule has 1 saturated heterocycles. The van der Waals surface area contributed by atoms with Gasteiger partial charge in [0.15, 0.2) is 17.3 Å². The second-order valence-corrected chi connectivity index (χ2v) is 6.46. The fourth-order valence-electron chi connectivity index (χ4n) is 3.15. The van der Waals surface area contributed by atoms with Crippen LogP contribution in [0.15, 0.2) is 24.4 Å². The van der Waals surface area contributed by atoms with Crippen molar-refractivity contribution in [1.29, 1.82) is 0 Å². The lowest BCUT2D eigenvalue weighted by atomic mass is 10.1. The van der Waals surface area contributed by atoms with Crippen molar-refractivity contribution >= 4 is 23.5 Å². The number of amides is 1. The summed E-state index contributed by atoms with van der Waals surface area (Å²) in [6.07, 6.45) is 2.89. The third-order valence-corrected chi connectivity index (χ3v) is 4.56. The molecule has 2 aromatic rings. The van der Waals surface area contributed by atoms with Gasteiger partial charge in [0.25, 0.3) is 0 Å². The maximum atomic E-state index is 11.8. The van der Waals surface area contributed by atoms with Gasteiger partial charge in [0.05, 0.1) is 12.8 Å². The number of anilines is 3. The molecule has 0 bridgehead atoms. The minimum absolute atomic E-state index is 0.174. The topological polar surface area (TPSA) is 111 Å². The second kappa shape index (κ2) is 8.15. The van der Waals surface area contributed by atoms with Crippen molar-refractivity contribution in [3.8, 4) is 11.5 Å². The van der Waals surface area contributed by atoms with E-state index in [-0.39, 0.29) is 18.9 Å². The van der Waals surface area contributed by atoms with E-state index in [0.29, 0.717) is 37.2 Å². The molecule has 0 unspecified atom stereocenters. The Labute approximate surface area is 162 Å². The van der Waals surface area contributed by atoms with Crippen LogP contribution in [0.5, 0.6) is 11.5 Å². The Kier molecular flexibility index (Phi) is 5.27. The van der Waals surface area contributed by atoms with Gasteiger partial charge in [0.2, 0.25) is 12.7 Å². The van der Waals surface area contributed by atoms with Gasteiger partial charge in [-0.1, -0.05) is 0 Å². The van der Waals surface area contributed by atoms with Crippen molar-refractivity contribution in [1.82, 2.24) is 20.1 Å². The molecule has 10 nitrogen and oxygen atoms in total. The summed E-state index contributed by atoms with van der Waals surface area (Å²) in [5, 5.41) is 14.5. The number of aromatic nitrogens is 3. The molecular weight excluding hydrogens is 364 g/mol. The van der Waals surface area contributed by atoms with E-state index in [1.807, 2.05) is 18.2 Å². The summed E-state index contributed by atoms with van der Waals surface area (Å²) in [6, 6.07) is 5.75. The normalized spacial score (nSPS) is 16.0. The Bertz CT molecular complexity index is 841. The van der Waals surface area contributed by atoms with E-state index >= 15 is 0 Å². The molecule has 2 aliphatic heterocycles. The van der Waals surface area contributed by atoms with E-state index in [0.717, 1.165) is 24.3 Å². The van der Waals surface area contributed by atoms with Gasteiger partial charge in [-0.3, -0.25) is 0 Å². The minimum atomic E-state index is -0.256. The smallest absolute Gasteiger partial charge is 0.409 e. The molecule has 1 aromatic heterocycles. The minimum Gasteiger partial charge on any atom is -0.454 e. The molecule has 4 rings (SSSR count). The van der Waals surface area contributed by atoms with Crippen molar-refractivity contribution in [2.75, 3.05) is 37.1 Å². The number of carbonyl (C=O) groups is 1. The first-order valence-electron chi connectivity index (χ1n) is 9.26. The van der Waals surface area contributed by atoms with Crippen LogP contribution in [0.2, 0.25) is 0 Å². The summed E-state index contributed by atoms with van der Waals surface area (Å²) in [5.41, 5.74) is 0.818. The molecule has 0 atom stereocenters. The molecule has 0 radical (unpaired) electrons. The fraction of sp³-hybridized carbons (Fsp3) is 0.444. The third kappa shape index (κ3) is 4.16. The van der Waals surface area contributed by atoms with Crippen LogP contribution in [0.3, 0.4) is 0 Å². The Morgan fingerprint density at radius 2 is 2.11 bits per heavy atom. The highest BCUT2D eigenvalue weighted by atomic mass is 16.7. The van der Waals surface area contributed by atoms with Gasteiger partial charge in [-0.05, 0) is 31.9 Å². The lowest BCUT2D eigenvalue weighted by Crippen LogP contribution is -2.42. The van der Waals surface area contributed by atoms with Crippen molar-refractivity contribution < 1.29 is 19.0 Å². The molecule has 3 heterocycles. The van der Waals surface area contributed by atoms with Crippen LogP contribution in [-0.2, 0) is 4.74 Å². The number of nitrogens with one attached hydrogen (secondary N) is 2. The van der Waals surface area contributed by atoms with Crippen molar-refractivity contribution in [3.63, 3.8) is 0 Å². The van der Waals surface area contributed by atoms with Crippen molar-refractivity contribution in [2.45, 2.75) is 25.8 Å². The van der Waals surface area contributed by atoms with Crippen LogP contribution >= 0.6 is 0 Å². The molecule has 2 N–H and O–H groups in total. The Morgan fingerprint density at radius 1 is 1.29 bits per heavy atom. The number of rotatable bonds is 5. The quantitative estimate of drug-likeness (QED) is 0.800. The van der Waals surface area contributed by atoms with E-state index in [9.17, 15) is 4.79 Å². The number of likely N-dealkylation sites (tertiary alicyclic amines) is 1. The number of carbonyl (C=O) groups excluding carboxylic acids is 1. The Balaban J connectivity index is 1.34. The zero-order valence-corrected chi connectivity index (χ0v) is 15.6. The average Bonchev–Trinajstić information content (AvgIpc) is 3.17. The Hall–Kier alpha value is -3.30. The molecule has 1 fully saturated rings. The average molecular weight is 386 g/mol.